The number of carbonyl (C=O) groups excluding carboxylic acids is 3. The van der Waals surface area contributed by atoms with E-state index in [2.05, 4.69) is 13.8 Å². The van der Waals surface area contributed by atoms with Crippen LogP contribution < -0.4 is 0 Å². The van der Waals surface area contributed by atoms with E-state index in [1.165, 1.54) is 64.7 Å². The molecule has 0 N–H and O–H groups in total. The predicted molar refractivity (Wildman–Crippen MR) is 143 cm³/mol. The summed E-state index contributed by atoms with van der Waals surface area (Å²) in [6.07, 6.45) is 20.1. The highest BCUT2D eigenvalue weighted by atomic mass is 16.6. The number of unbranched alkanes of at least 4 members (excludes halogenated alkanes) is 11. The summed E-state index contributed by atoms with van der Waals surface area (Å²) in [4.78, 5) is 39.0. The third-order valence-corrected chi connectivity index (χ3v) is 7.97. The quantitative estimate of drug-likeness (QED) is 0.137. The lowest BCUT2D eigenvalue weighted by atomic mass is 9.86. The standard InChI is InChI=1S/C30H53NO5/c1-4-6-8-10-11-12-13-14-15-19-25(23-28-26(29(33)36-28)20-16-9-7-5-2)35-30(34)27-21-17-18-22-31(27)24(3)32/h25-28H,4-23H2,1-3H3/t25-,26-,27?,28-/m0/s1. The van der Waals surface area contributed by atoms with Gasteiger partial charge in [0.25, 0.3) is 0 Å². The highest BCUT2D eigenvalue weighted by Gasteiger charge is 2.43. The summed E-state index contributed by atoms with van der Waals surface area (Å²) in [6, 6.07) is -0.476. The molecule has 0 radical (unpaired) electrons. The lowest BCUT2D eigenvalue weighted by Crippen LogP contribution is -2.50. The second kappa shape index (κ2) is 17.8. The Bertz CT molecular complexity index is 651. The first-order valence-corrected chi connectivity index (χ1v) is 15.2. The van der Waals surface area contributed by atoms with Gasteiger partial charge in [-0.2, -0.15) is 0 Å². The van der Waals surface area contributed by atoms with Crippen LogP contribution >= 0.6 is 0 Å². The van der Waals surface area contributed by atoms with Crippen molar-refractivity contribution in [1.29, 1.82) is 0 Å². The second-order valence-corrected chi connectivity index (χ2v) is 11.1. The van der Waals surface area contributed by atoms with Gasteiger partial charge in [0.2, 0.25) is 5.91 Å². The van der Waals surface area contributed by atoms with Gasteiger partial charge in [-0.1, -0.05) is 90.9 Å². The molecule has 2 aliphatic rings. The maximum absolute atomic E-state index is 13.1. The number of esters is 2. The minimum absolute atomic E-state index is 0.0606. The van der Waals surface area contributed by atoms with Crippen LogP contribution in [0.1, 0.15) is 143 Å². The number of amides is 1. The molecule has 2 heterocycles. The molecule has 0 saturated carbocycles. The van der Waals surface area contributed by atoms with Crippen LogP contribution in [0.25, 0.3) is 0 Å². The molecule has 2 fully saturated rings. The van der Waals surface area contributed by atoms with Crippen molar-refractivity contribution in [2.75, 3.05) is 6.54 Å². The molecule has 0 aromatic carbocycles. The third-order valence-electron chi connectivity index (χ3n) is 7.97. The third kappa shape index (κ3) is 10.8. The molecular weight excluding hydrogens is 454 g/mol. The summed E-state index contributed by atoms with van der Waals surface area (Å²) in [5.74, 6) is -0.502. The highest BCUT2D eigenvalue weighted by Crippen LogP contribution is 2.33. The molecule has 36 heavy (non-hydrogen) atoms. The van der Waals surface area contributed by atoms with Crippen molar-refractivity contribution in [3.63, 3.8) is 0 Å². The molecule has 0 spiro atoms. The number of ether oxygens (including phenoxy) is 2. The number of hydrogen-bond donors (Lipinski definition) is 0. The second-order valence-electron chi connectivity index (χ2n) is 11.1. The normalized spacial score (nSPS) is 22.6. The number of nitrogens with zero attached hydrogens (tertiary/aromatic N) is 1. The zero-order valence-corrected chi connectivity index (χ0v) is 23.4. The number of piperidine rings is 1. The van der Waals surface area contributed by atoms with Gasteiger partial charge in [-0.25, -0.2) is 4.79 Å². The maximum Gasteiger partial charge on any atom is 0.329 e. The molecule has 2 saturated heterocycles. The van der Waals surface area contributed by atoms with Crippen molar-refractivity contribution < 1.29 is 23.9 Å². The molecule has 208 valence electrons. The van der Waals surface area contributed by atoms with Crippen molar-refractivity contribution in [3.05, 3.63) is 0 Å². The van der Waals surface area contributed by atoms with Gasteiger partial charge < -0.3 is 14.4 Å². The smallest absolute Gasteiger partial charge is 0.329 e. The molecule has 4 atom stereocenters. The molecule has 0 aromatic rings. The van der Waals surface area contributed by atoms with Crippen LogP contribution in [0, 0.1) is 5.92 Å². The van der Waals surface area contributed by atoms with E-state index >= 15 is 0 Å². The van der Waals surface area contributed by atoms with E-state index in [9.17, 15) is 14.4 Å². The molecule has 0 aromatic heterocycles. The molecule has 2 aliphatic heterocycles. The van der Waals surface area contributed by atoms with Gasteiger partial charge in [-0.05, 0) is 38.5 Å². The minimum Gasteiger partial charge on any atom is -0.461 e. The maximum atomic E-state index is 13.1. The van der Waals surface area contributed by atoms with E-state index in [1.54, 1.807) is 4.90 Å². The Morgan fingerprint density at radius 1 is 0.917 bits per heavy atom. The summed E-state index contributed by atoms with van der Waals surface area (Å²) in [5, 5.41) is 0. The van der Waals surface area contributed by atoms with E-state index in [1.807, 2.05) is 0 Å². The van der Waals surface area contributed by atoms with Gasteiger partial charge in [0.05, 0.1) is 5.92 Å². The van der Waals surface area contributed by atoms with Crippen LogP contribution in [0.2, 0.25) is 0 Å². The molecule has 6 heteroatoms. The molecule has 1 unspecified atom stereocenters. The van der Waals surface area contributed by atoms with Gasteiger partial charge >= 0.3 is 11.9 Å². The van der Waals surface area contributed by atoms with Crippen LogP contribution in [-0.4, -0.2) is 47.5 Å². The molecular formula is C30H53NO5. The monoisotopic (exact) mass is 507 g/mol. The summed E-state index contributed by atoms with van der Waals surface area (Å²) in [5.41, 5.74) is 0. The van der Waals surface area contributed by atoms with Crippen molar-refractivity contribution in [1.82, 2.24) is 4.90 Å². The van der Waals surface area contributed by atoms with Crippen molar-refractivity contribution in [2.24, 2.45) is 5.92 Å². The largest absolute Gasteiger partial charge is 0.461 e. The Hall–Kier alpha value is -1.59. The Balaban J connectivity index is 1.86. The number of hydrogen-bond acceptors (Lipinski definition) is 5. The van der Waals surface area contributed by atoms with E-state index in [0.29, 0.717) is 19.4 Å². The molecule has 6 nitrogen and oxygen atoms in total. The Morgan fingerprint density at radius 3 is 2.14 bits per heavy atom. The Labute approximate surface area is 220 Å². The van der Waals surface area contributed by atoms with Gasteiger partial charge in [0.15, 0.2) is 0 Å². The number of likely N-dealkylation sites (tertiary alicyclic amines) is 1. The number of cyclic esters (lactones) is 1. The van der Waals surface area contributed by atoms with Crippen LogP contribution in [-0.2, 0) is 23.9 Å². The van der Waals surface area contributed by atoms with Crippen molar-refractivity contribution in [2.45, 2.75) is 161 Å². The fourth-order valence-electron chi connectivity index (χ4n) is 5.67. The van der Waals surface area contributed by atoms with Gasteiger partial charge in [-0.3, -0.25) is 9.59 Å². The molecule has 1 amide bonds. The van der Waals surface area contributed by atoms with Crippen molar-refractivity contribution >= 4 is 17.8 Å². The fraction of sp³-hybridized carbons (Fsp3) is 0.900. The molecule has 0 bridgehead atoms. The van der Waals surface area contributed by atoms with Crippen LogP contribution in [0.3, 0.4) is 0 Å². The SMILES string of the molecule is CCCCCCCCCCC[C@@H](C[C@@H]1OC(=O)[C@H]1CCCCCC)OC(=O)C1CCCCN1C(C)=O. The van der Waals surface area contributed by atoms with E-state index in [-0.39, 0.29) is 36.0 Å². The van der Waals surface area contributed by atoms with Gasteiger partial charge in [0, 0.05) is 19.9 Å². The zero-order valence-electron chi connectivity index (χ0n) is 23.4. The van der Waals surface area contributed by atoms with E-state index < -0.39 is 6.04 Å². The first kappa shape index (κ1) is 30.6. The topological polar surface area (TPSA) is 72.9 Å². The minimum atomic E-state index is -0.476. The lowest BCUT2D eigenvalue weighted by molar-refractivity contribution is -0.191. The van der Waals surface area contributed by atoms with E-state index in [4.69, 9.17) is 9.47 Å². The van der Waals surface area contributed by atoms with Crippen LogP contribution in [0.5, 0.6) is 0 Å². The first-order chi connectivity index (χ1) is 17.5. The average Bonchev–Trinajstić information content (AvgIpc) is 2.87. The number of rotatable bonds is 19. The summed E-state index contributed by atoms with van der Waals surface area (Å²) in [7, 11) is 0. The predicted octanol–water partition coefficient (Wildman–Crippen LogP) is 7.12. The fourth-order valence-corrected chi connectivity index (χ4v) is 5.67. The van der Waals surface area contributed by atoms with E-state index in [0.717, 1.165) is 51.4 Å². The zero-order chi connectivity index (χ0) is 26.2. The Morgan fingerprint density at radius 2 is 1.53 bits per heavy atom. The lowest BCUT2D eigenvalue weighted by Gasteiger charge is -2.38. The summed E-state index contributed by atoms with van der Waals surface area (Å²) >= 11 is 0. The van der Waals surface area contributed by atoms with Crippen molar-refractivity contribution in [3.8, 4) is 0 Å². The van der Waals surface area contributed by atoms with Gasteiger partial charge in [0.1, 0.15) is 18.2 Å². The molecule has 2 rings (SSSR count). The summed E-state index contributed by atoms with van der Waals surface area (Å²) < 4.78 is 11.6. The van der Waals surface area contributed by atoms with Gasteiger partial charge in [-0.15, -0.1) is 0 Å². The highest BCUT2D eigenvalue weighted by molar-refractivity contribution is 5.83. The number of carbonyl (C=O) groups is 3. The Kier molecular flexibility index (Phi) is 15.1. The molecule has 0 aliphatic carbocycles. The average molecular weight is 508 g/mol. The van der Waals surface area contributed by atoms with Crippen LogP contribution in [0.15, 0.2) is 0 Å². The first-order valence-electron chi connectivity index (χ1n) is 15.2. The van der Waals surface area contributed by atoms with Crippen LogP contribution in [0.4, 0.5) is 0 Å². The summed E-state index contributed by atoms with van der Waals surface area (Å²) in [6.45, 7) is 6.58.